The lowest BCUT2D eigenvalue weighted by Crippen LogP contribution is -2.41. The van der Waals surface area contributed by atoms with E-state index in [9.17, 15) is 17.6 Å². The second-order valence-electron chi connectivity index (χ2n) is 7.38. The molecule has 2 aromatic rings. The molecule has 1 saturated heterocycles. The van der Waals surface area contributed by atoms with Gasteiger partial charge < -0.3 is 9.31 Å². The molecule has 138 valence electrons. The number of benzene rings is 2. The van der Waals surface area contributed by atoms with E-state index >= 15 is 0 Å². The summed E-state index contributed by atoms with van der Waals surface area (Å²) in [5.74, 6) is -6.04. The smallest absolute Gasteiger partial charge is 0.399 e. The molecule has 0 radical (unpaired) electrons. The summed E-state index contributed by atoms with van der Waals surface area (Å²) in [5.41, 5.74) is -2.76. The summed E-state index contributed by atoms with van der Waals surface area (Å²) in [5, 5.41) is 0. The van der Waals surface area contributed by atoms with Crippen LogP contribution in [-0.4, -0.2) is 18.3 Å². The summed E-state index contributed by atoms with van der Waals surface area (Å²) < 4.78 is 69.1. The summed E-state index contributed by atoms with van der Waals surface area (Å²) in [6, 6.07) is 7.65. The third kappa shape index (κ3) is 3.03. The zero-order valence-corrected chi connectivity index (χ0v) is 14.9. The van der Waals surface area contributed by atoms with E-state index in [0.29, 0.717) is 0 Å². The van der Waals surface area contributed by atoms with Crippen molar-refractivity contribution in [2.45, 2.75) is 44.8 Å². The van der Waals surface area contributed by atoms with E-state index in [1.807, 2.05) is 27.7 Å². The van der Waals surface area contributed by atoms with Gasteiger partial charge in [0.05, 0.1) is 22.3 Å². The second kappa shape index (κ2) is 6.10. The molecule has 2 nitrogen and oxygen atoms in total. The summed E-state index contributed by atoms with van der Waals surface area (Å²) in [7, 11) is -0.870. The molecule has 0 saturated carbocycles. The Labute approximate surface area is 150 Å². The van der Waals surface area contributed by atoms with Gasteiger partial charge in [-0.1, -0.05) is 24.3 Å². The normalized spacial score (nSPS) is 19.0. The van der Waals surface area contributed by atoms with Crippen molar-refractivity contribution in [1.82, 2.24) is 0 Å². The minimum absolute atomic E-state index is 0.286. The van der Waals surface area contributed by atoms with Gasteiger partial charge in [0.15, 0.2) is 0 Å². The first-order valence-electron chi connectivity index (χ1n) is 8.24. The Kier molecular flexibility index (Phi) is 4.44. The van der Waals surface area contributed by atoms with Gasteiger partial charge in [-0.3, -0.25) is 0 Å². The highest BCUT2D eigenvalue weighted by Gasteiger charge is 2.52. The van der Waals surface area contributed by atoms with Crippen LogP contribution in [0.5, 0.6) is 0 Å². The number of hydrogen-bond donors (Lipinski definition) is 0. The van der Waals surface area contributed by atoms with Gasteiger partial charge in [-0.2, -0.15) is 8.78 Å². The van der Waals surface area contributed by atoms with E-state index in [1.165, 1.54) is 18.2 Å². The summed E-state index contributed by atoms with van der Waals surface area (Å²) >= 11 is 0. The van der Waals surface area contributed by atoms with Gasteiger partial charge in [-0.15, -0.1) is 0 Å². The lowest BCUT2D eigenvalue weighted by Gasteiger charge is -2.32. The lowest BCUT2D eigenvalue weighted by atomic mass is 9.78. The fourth-order valence-corrected chi connectivity index (χ4v) is 2.77. The molecule has 0 aliphatic carbocycles. The van der Waals surface area contributed by atoms with Crippen LogP contribution in [0.3, 0.4) is 0 Å². The van der Waals surface area contributed by atoms with Gasteiger partial charge >= 0.3 is 13.0 Å². The molecule has 3 rings (SSSR count). The van der Waals surface area contributed by atoms with Crippen LogP contribution in [0.1, 0.15) is 38.8 Å². The maximum Gasteiger partial charge on any atom is 0.494 e. The minimum Gasteiger partial charge on any atom is -0.399 e. The van der Waals surface area contributed by atoms with Crippen molar-refractivity contribution in [3.8, 4) is 0 Å². The Morgan fingerprint density at radius 2 is 1.35 bits per heavy atom. The Bertz CT molecular complexity index is 820. The molecular weight excluding hydrogens is 347 g/mol. The predicted octanol–water partition coefficient (Wildman–Crippen LogP) is 4.40. The first-order valence-corrected chi connectivity index (χ1v) is 8.24. The predicted molar refractivity (Wildman–Crippen MR) is 91.5 cm³/mol. The molecule has 0 unspecified atom stereocenters. The molecule has 26 heavy (non-hydrogen) atoms. The van der Waals surface area contributed by atoms with Crippen LogP contribution >= 0.6 is 0 Å². The fraction of sp³-hybridized carbons (Fsp3) is 0.368. The van der Waals surface area contributed by atoms with Crippen LogP contribution in [0, 0.1) is 11.6 Å². The third-order valence-electron chi connectivity index (χ3n) is 5.07. The maximum atomic E-state index is 14.6. The first kappa shape index (κ1) is 18.9. The Morgan fingerprint density at radius 1 is 0.808 bits per heavy atom. The second-order valence-corrected chi connectivity index (χ2v) is 7.38. The molecule has 1 aliphatic rings. The number of hydrogen-bond acceptors (Lipinski definition) is 2. The molecule has 0 bridgehead atoms. The maximum absolute atomic E-state index is 14.6. The molecule has 0 aromatic heterocycles. The van der Waals surface area contributed by atoms with Crippen molar-refractivity contribution >= 4 is 12.6 Å². The van der Waals surface area contributed by atoms with Crippen molar-refractivity contribution in [1.29, 1.82) is 0 Å². The standard InChI is InChI=1S/C19H19BF4O2/c1-17(2)18(3,4)26-20(25-17)12-9-10-14(16(22)11-12)19(23,24)13-7-5-6-8-15(13)21/h5-11H,1-4H3. The van der Waals surface area contributed by atoms with E-state index in [-0.39, 0.29) is 5.46 Å². The lowest BCUT2D eigenvalue weighted by molar-refractivity contribution is 0.00578. The van der Waals surface area contributed by atoms with Crippen molar-refractivity contribution in [2.24, 2.45) is 0 Å². The van der Waals surface area contributed by atoms with E-state index in [1.54, 1.807) is 0 Å². The van der Waals surface area contributed by atoms with Crippen molar-refractivity contribution in [2.75, 3.05) is 0 Å². The van der Waals surface area contributed by atoms with Gasteiger partial charge in [-0.25, -0.2) is 8.78 Å². The van der Waals surface area contributed by atoms with Gasteiger partial charge in [0.25, 0.3) is 0 Å². The van der Waals surface area contributed by atoms with Gasteiger partial charge in [-0.05, 0) is 51.4 Å². The van der Waals surface area contributed by atoms with Crippen molar-refractivity contribution < 1.29 is 26.9 Å². The first-order chi connectivity index (χ1) is 12.0. The average Bonchev–Trinajstić information content (AvgIpc) is 2.75. The average molecular weight is 366 g/mol. The molecular formula is C19H19BF4O2. The monoisotopic (exact) mass is 366 g/mol. The number of rotatable bonds is 3. The molecule has 2 aromatic carbocycles. The van der Waals surface area contributed by atoms with E-state index in [0.717, 1.165) is 24.3 Å². The zero-order chi connectivity index (χ0) is 19.3. The van der Waals surface area contributed by atoms with Crippen LogP contribution in [0.2, 0.25) is 0 Å². The van der Waals surface area contributed by atoms with E-state index in [4.69, 9.17) is 9.31 Å². The molecule has 1 heterocycles. The highest BCUT2D eigenvalue weighted by Crippen LogP contribution is 2.39. The number of halogens is 4. The molecule has 0 N–H and O–H groups in total. The van der Waals surface area contributed by atoms with Gasteiger partial charge in [0.1, 0.15) is 11.6 Å². The number of alkyl halides is 2. The quantitative estimate of drug-likeness (QED) is 0.592. The summed E-state index contributed by atoms with van der Waals surface area (Å²) in [6.45, 7) is 7.35. The Hall–Kier alpha value is -1.86. The molecule has 0 atom stereocenters. The summed E-state index contributed by atoms with van der Waals surface area (Å²) in [6.07, 6.45) is 0. The largest absolute Gasteiger partial charge is 0.494 e. The summed E-state index contributed by atoms with van der Waals surface area (Å²) in [4.78, 5) is 0. The van der Waals surface area contributed by atoms with Gasteiger partial charge in [0.2, 0.25) is 0 Å². The molecule has 1 aliphatic heterocycles. The third-order valence-corrected chi connectivity index (χ3v) is 5.07. The van der Waals surface area contributed by atoms with Crippen LogP contribution in [0.15, 0.2) is 42.5 Å². The highest BCUT2D eigenvalue weighted by molar-refractivity contribution is 6.62. The molecule has 0 amide bonds. The molecule has 1 fully saturated rings. The minimum atomic E-state index is -3.80. The molecule has 7 heteroatoms. The van der Waals surface area contributed by atoms with Crippen LogP contribution in [-0.2, 0) is 15.2 Å². The SMILES string of the molecule is CC1(C)OB(c2ccc(C(F)(F)c3ccccc3F)c(F)c2)OC1(C)C. The Balaban J connectivity index is 1.95. The Morgan fingerprint density at radius 3 is 1.88 bits per heavy atom. The van der Waals surface area contributed by atoms with Crippen LogP contribution < -0.4 is 5.46 Å². The fourth-order valence-electron chi connectivity index (χ4n) is 2.77. The van der Waals surface area contributed by atoms with Gasteiger partial charge in [0, 0.05) is 0 Å². The topological polar surface area (TPSA) is 18.5 Å². The van der Waals surface area contributed by atoms with Crippen LogP contribution in [0.25, 0.3) is 0 Å². The molecule has 0 spiro atoms. The van der Waals surface area contributed by atoms with E-state index in [2.05, 4.69) is 0 Å². The van der Waals surface area contributed by atoms with Crippen molar-refractivity contribution in [3.63, 3.8) is 0 Å². The highest BCUT2D eigenvalue weighted by atomic mass is 19.3. The van der Waals surface area contributed by atoms with Crippen LogP contribution in [0.4, 0.5) is 17.6 Å². The zero-order valence-electron chi connectivity index (χ0n) is 14.9. The van der Waals surface area contributed by atoms with Crippen molar-refractivity contribution in [3.05, 3.63) is 65.2 Å². The van der Waals surface area contributed by atoms with E-state index < -0.39 is 47.0 Å².